The summed E-state index contributed by atoms with van der Waals surface area (Å²) in [6, 6.07) is -0.832. The van der Waals surface area contributed by atoms with Crippen LogP contribution >= 0.6 is 0 Å². The van der Waals surface area contributed by atoms with Gasteiger partial charge < -0.3 is 15.7 Å². The number of carboxylic acids is 1. The van der Waals surface area contributed by atoms with Gasteiger partial charge in [0.05, 0.1) is 0 Å². The van der Waals surface area contributed by atoms with Crippen LogP contribution in [0.15, 0.2) is 12.7 Å². The van der Waals surface area contributed by atoms with Gasteiger partial charge in [-0.05, 0) is 19.4 Å². The van der Waals surface area contributed by atoms with Crippen molar-refractivity contribution in [3.63, 3.8) is 0 Å². The Balaban J connectivity index is 4.36. The smallest absolute Gasteiger partial charge is 0.303 e. The van der Waals surface area contributed by atoms with Crippen LogP contribution < -0.4 is 10.6 Å². The molecule has 0 spiro atoms. The van der Waals surface area contributed by atoms with Crippen molar-refractivity contribution >= 4 is 17.8 Å². The average Bonchev–Trinajstić information content (AvgIpc) is 2.23. The standard InChI is InChI=1S/C10H16N2O4/c1-3-8(13)12-7(5-6-9(14)15)10(16)11-4-2/h3,7H,1,4-6H2,2H3,(H,11,16)(H,12,13)(H,14,15)/t7-/m0/s1. The zero-order valence-corrected chi connectivity index (χ0v) is 9.16. The number of carbonyl (C=O) groups excluding carboxylic acids is 2. The first-order valence-corrected chi connectivity index (χ1v) is 4.93. The van der Waals surface area contributed by atoms with E-state index in [-0.39, 0.29) is 18.7 Å². The summed E-state index contributed by atoms with van der Waals surface area (Å²) < 4.78 is 0. The van der Waals surface area contributed by atoms with Crippen LogP contribution in [0.3, 0.4) is 0 Å². The van der Waals surface area contributed by atoms with E-state index in [0.29, 0.717) is 6.54 Å². The molecule has 0 aliphatic rings. The second kappa shape index (κ2) is 7.44. The van der Waals surface area contributed by atoms with Crippen molar-refractivity contribution in [1.82, 2.24) is 10.6 Å². The fourth-order valence-corrected chi connectivity index (χ4v) is 1.06. The molecule has 6 heteroatoms. The van der Waals surface area contributed by atoms with Crippen molar-refractivity contribution in [3.8, 4) is 0 Å². The lowest BCUT2D eigenvalue weighted by Gasteiger charge is -2.15. The quantitative estimate of drug-likeness (QED) is 0.519. The molecular formula is C10H16N2O4. The summed E-state index contributed by atoms with van der Waals surface area (Å²) in [5, 5.41) is 13.4. The molecular weight excluding hydrogens is 212 g/mol. The lowest BCUT2D eigenvalue weighted by atomic mass is 10.1. The molecule has 0 rings (SSSR count). The Labute approximate surface area is 93.7 Å². The first-order chi connectivity index (χ1) is 7.51. The van der Waals surface area contributed by atoms with Crippen molar-refractivity contribution in [2.45, 2.75) is 25.8 Å². The second-order valence-corrected chi connectivity index (χ2v) is 3.09. The zero-order valence-electron chi connectivity index (χ0n) is 9.16. The molecule has 0 unspecified atom stereocenters. The maximum Gasteiger partial charge on any atom is 0.303 e. The van der Waals surface area contributed by atoms with Gasteiger partial charge in [0.1, 0.15) is 6.04 Å². The second-order valence-electron chi connectivity index (χ2n) is 3.09. The van der Waals surface area contributed by atoms with Crippen LogP contribution in [-0.2, 0) is 14.4 Å². The molecule has 3 N–H and O–H groups in total. The number of rotatable bonds is 7. The van der Waals surface area contributed by atoms with Crippen molar-refractivity contribution < 1.29 is 19.5 Å². The van der Waals surface area contributed by atoms with Crippen molar-refractivity contribution in [1.29, 1.82) is 0 Å². The number of aliphatic carboxylic acids is 1. The summed E-state index contributed by atoms with van der Waals surface area (Å²) >= 11 is 0. The fourth-order valence-electron chi connectivity index (χ4n) is 1.06. The SMILES string of the molecule is C=CC(=O)N[C@@H](CCC(=O)O)C(=O)NCC. The number of amides is 2. The van der Waals surface area contributed by atoms with Crippen LogP contribution in [0, 0.1) is 0 Å². The Morgan fingerprint density at radius 1 is 1.44 bits per heavy atom. The lowest BCUT2D eigenvalue weighted by molar-refractivity contribution is -0.137. The van der Waals surface area contributed by atoms with Crippen LogP contribution in [0.5, 0.6) is 0 Å². The molecule has 0 saturated carbocycles. The third-order valence-corrected chi connectivity index (χ3v) is 1.82. The number of hydrogen-bond acceptors (Lipinski definition) is 3. The molecule has 0 radical (unpaired) electrons. The third kappa shape index (κ3) is 5.79. The molecule has 0 saturated heterocycles. The number of likely N-dealkylation sites (N-methyl/N-ethyl adjacent to an activating group) is 1. The summed E-state index contributed by atoms with van der Waals surface area (Å²) in [4.78, 5) is 32.8. The van der Waals surface area contributed by atoms with Gasteiger partial charge in [0.2, 0.25) is 11.8 Å². The van der Waals surface area contributed by atoms with Gasteiger partial charge in [0, 0.05) is 13.0 Å². The molecule has 0 fully saturated rings. The number of carbonyl (C=O) groups is 3. The van der Waals surface area contributed by atoms with Gasteiger partial charge in [0.25, 0.3) is 0 Å². The lowest BCUT2D eigenvalue weighted by Crippen LogP contribution is -2.46. The van der Waals surface area contributed by atoms with E-state index in [9.17, 15) is 14.4 Å². The minimum absolute atomic E-state index is 0.0563. The molecule has 0 aromatic rings. The first kappa shape index (κ1) is 14.2. The highest BCUT2D eigenvalue weighted by Gasteiger charge is 2.19. The molecule has 0 aliphatic heterocycles. The molecule has 90 valence electrons. The topological polar surface area (TPSA) is 95.5 Å². The highest BCUT2D eigenvalue weighted by atomic mass is 16.4. The van der Waals surface area contributed by atoms with Gasteiger partial charge in [-0.15, -0.1) is 0 Å². The molecule has 0 heterocycles. The predicted octanol–water partition coefficient (Wildman–Crippen LogP) is -0.342. The van der Waals surface area contributed by atoms with Crippen LogP contribution in [0.2, 0.25) is 0 Å². The van der Waals surface area contributed by atoms with Gasteiger partial charge in [0.15, 0.2) is 0 Å². The summed E-state index contributed by atoms with van der Waals surface area (Å²) in [5.74, 6) is -1.90. The Morgan fingerprint density at radius 3 is 2.50 bits per heavy atom. The van der Waals surface area contributed by atoms with Crippen LogP contribution in [0.4, 0.5) is 0 Å². The maximum absolute atomic E-state index is 11.5. The summed E-state index contributed by atoms with van der Waals surface area (Å²) in [7, 11) is 0. The third-order valence-electron chi connectivity index (χ3n) is 1.82. The highest BCUT2D eigenvalue weighted by molar-refractivity contribution is 5.92. The predicted molar refractivity (Wildman–Crippen MR) is 57.7 cm³/mol. The number of hydrogen-bond donors (Lipinski definition) is 3. The number of nitrogens with one attached hydrogen (secondary N) is 2. The van der Waals surface area contributed by atoms with E-state index in [4.69, 9.17) is 5.11 Å². The fraction of sp³-hybridized carbons (Fsp3) is 0.500. The van der Waals surface area contributed by atoms with Crippen LogP contribution in [0.1, 0.15) is 19.8 Å². The minimum Gasteiger partial charge on any atom is -0.481 e. The van der Waals surface area contributed by atoms with Gasteiger partial charge in [-0.25, -0.2) is 0 Å². The van der Waals surface area contributed by atoms with E-state index >= 15 is 0 Å². The summed E-state index contributed by atoms with van der Waals surface area (Å²) in [5.41, 5.74) is 0. The first-order valence-electron chi connectivity index (χ1n) is 4.93. The molecule has 0 aromatic carbocycles. The Hall–Kier alpha value is -1.85. The van der Waals surface area contributed by atoms with Crippen molar-refractivity contribution in [3.05, 3.63) is 12.7 Å². The largest absolute Gasteiger partial charge is 0.481 e. The molecule has 2 amide bonds. The maximum atomic E-state index is 11.5. The van der Waals surface area contributed by atoms with Gasteiger partial charge in [-0.2, -0.15) is 0 Å². The average molecular weight is 228 g/mol. The minimum atomic E-state index is -1.01. The number of carboxylic acid groups (broad SMARTS) is 1. The van der Waals surface area contributed by atoms with E-state index in [0.717, 1.165) is 6.08 Å². The molecule has 1 atom stereocenters. The van der Waals surface area contributed by atoms with Crippen LogP contribution in [0.25, 0.3) is 0 Å². The van der Waals surface area contributed by atoms with Crippen molar-refractivity contribution in [2.24, 2.45) is 0 Å². The van der Waals surface area contributed by atoms with Gasteiger partial charge in [-0.3, -0.25) is 14.4 Å². The zero-order chi connectivity index (χ0) is 12.6. The normalized spacial score (nSPS) is 11.3. The Morgan fingerprint density at radius 2 is 2.06 bits per heavy atom. The molecule has 0 aromatic heterocycles. The Kier molecular flexibility index (Phi) is 6.58. The molecule has 16 heavy (non-hydrogen) atoms. The van der Waals surface area contributed by atoms with E-state index in [1.165, 1.54) is 0 Å². The summed E-state index contributed by atoms with van der Waals surface area (Å²) in [6.07, 6.45) is 0.910. The summed E-state index contributed by atoms with van der Waals surface area (Å²) in [6.45, 7) is 5.41. The van der Waals surface area contributed by atoms with E-state index in [1.54, 1.807) is 6.92 Å². The van der Waals surface area contributed by atoms with E-state index in [2.05, 4.69) is 17.2 Å². The van der Waals surface area contributed by atoms with Gasteiger partial charge in [-0.1, -0.05) is 6.58 Å². The molecule has 0 bridgehead atoms. The molecule has 6 nitrogen and oxygen atoms in total. The van der Waals surface area contributed by atoms with Crippen molar-refractivity contribution in [2.75, 3.05) is 6.54 Å². The van der Waals surface area contributed by atoms with E-state index in [1.807, 2.05) is 0 Å². The van der Waals surface area contributed by atoms with Crippen LogP contribution in [-0.4, -0.2) is 35.5 Å². The monoisotopic (exact) mass is 228 g/mol. The molecule has 0 aliphatic carbocycles. The highest BCUT2D eigenvalue weighted by Crippen LogP contribution is 1.98. The van der Waals surface area contributed by atoms with Gasteiger partial charge >= 0.3 is 5.97 Å². The Bertz CT molecular complexity index is 289. The van der Waals surface area contributed by atoms with E-state index < -0.39 is 17.9 Å².